The Labute approximate surface area is 119 Å². The lowest BCUT2D eigenvalue weighted by molar-refractivity contribution is 0.603. The third kappa shape index (κ3) is 1.73. The first-order valence-electron chi connectivity index (χ1n) is 5.89. The maximum Gasteiger partial charge on any atom is 0.183 e. The van der Waals surface area contributed by atoms with E-state index in [0.29, 0.717) is 0 Å². The summed E-state index contributed by atoms with van der Waals surface area (Å²) < 4.78 is 2.17. The Bertz CT molecular complexity index is 709. The molecule has 3 aliphatic heterocycles. The van der Waals surface area contributed by atoms with Gasteiger partial charge in [0.15, 0.2) is 5.82 Å². The monoisotopic (exact) mass is 288 g/mol. The van der Waals surface area contributed by atoms with Gasteiger partial charge < -0.3 is 4.57 Å². The Morgan fingerprint density at radius 3 is 2.84 bits per heavy atom. The van der Waals surface area contributed by atoms with E-state index in [2.05, 4.69) is 31.7 Å². The minimum Gasteiger partial charge on any atom is -0.317 e. The van der Waals surface area contributed by atoms with Gasteiger partial charge in [0, 0.05) is 10.8 Å². The molecule has 4 rings (SSSR count). The first-order chi connectivity index (χ1) is 9.33. The van der Waals surface area contributed by atoms with Gasteiger partial charge in [0.05, 0.1) is 12.4 Å². The quantitative estimate of drug-likeness (QED) is 0.645. The molecule has 3 heterocycles. The van der Waals surface area contributed by atoms with Crippen LogP contribution < -0.4 is 0 Å². The molecule has 1 atom stereocenters. The summed E-state index contributed by atoms with van der Waals surface area (Å²) >= 11 is 7.74. The van der Waals surface area contributed by atoms with Gasteiger partial charge in [-0.25, -0.2) is 15.0 Å². The van der Waals surface area contributed by atoms with Gasteiger partial charge in [-0.15, -0.1) is 11.8 Å². The highest BCUT2D eigenvalue weighted by atomic mass is 35.5. The number of aromatic nitrogens is 4. The molecular formula is C13H9ClN4S. The summed E-state index contributed by atoms with van der Waals surface area (Å²) in [5.74, 6) is 1.70. The van der Waals surface area contributed by atoms with Gasteiger partial charge in [-0.3, -0.25) is 0 Å². The largest absolute Gasteiger partial charge is 0.317 e. The molecule has 19 heavy (non-hydrogen) atoms. The molecule has 0 fully saturated rings. The van der Waals surface area contributed by atoms with Gasteiger partial charge in [0.1, 0.15) is 17.0 Å². The minimum atomic E-state index is 0.283. The number of hydrogen-bond donors (Lipinski definition) is 0. The van der Waals surface area contributed by atoms with Crippen molar-refractivity contribution in [1.29, 1.82) is 0 Å². The van der Waals surface area contributed by atoms with E-state index in [4.69, 9.17) is 11.6 Å². The van der Waals surface area contributed by atoms with Crippen molar-refractivity contribution in [3.8, 4) is 11.5 Å². The zero-order chi connectivity index (χ0) is 12.8. The van der Waals surface area contributed by atoms with Crippen LogP contribution in [0.3, 0.4) is 0 Å². The molecule has 0 aliphatic carbocycles. The Morgan fingerprint density at radius 1 is 1.16 bits per heavy atom. The maximum atomic E-state index is 5.94. The molecule has 0 aromatic heterocycles. The summed E-state index contributed by atoms with van der Waals surface area (Å²) in [6, 6.07) is 8.27. The van der Waals surface area contributed by atoms with E-state index < -0.39 is 0 Å². The van der Waals surface area contributed by atoms with Crippen molar-refractivity contribution in [2.45, 2.75) is 11.1 Å². The molecule has 1 aromatic rings. The van der Waals surface area contributed by atoms with Crippen molar-refractivity contribution >= 4 is 23.4 Å². The van der Waals surface area contributed by atoms with Crippen LogP contribution >= 0.6 is 23.4 Å². The number of nitrogens with zero attached hydrogens (tertiary/aromatic N) is 4. The van der Waals surface area contributed by atoms with E-state index in [1.54, 1.807) is 18.1 Å². The average molecular weight is 289 g/mol. The minimum absolute atomic E-state index is 0.283. The Morgan fingerprint density at radius 2 is 2.00 bits per heavy atom. The Kier molecular flexibility index (Phi) is 2.50. The fourth-order valence-electron chi connectivity index (χ4n) is 2.34. The van der Waals surface area contributed by atoms with Crippen LogP contribution in [0.25, 0.3) is 11.5 Å². The smallest absolute Gasteiger partial charge is 0.183 e. The molecule has 0 N–H and O–H groups in total. The predicted molar refractivity (Wildman–Crippen MR) is 74.8 cm³/mol. The second-order valence-corrected chi connectivity index (χ2v) is 5.83. The topological polar surface area (TPSA) is 43.6 Å². The van der Waals surface area contributed by atoms with Crippen molar-refractivity contribution < 1.29 is 0 Å². The number of imidazole rings is 1. The van der Waals surface area contributed by atoms with E-state index in [1.807, 2.05) is 18.5 Å². The number of hydrogen-bond acceptors (Lipinski definition) is 4. The summed E-state index contributed by atoms with van der Waals surface area (Å²) in [6.07, 6.45) is 3.42. The van der Waals surface area contributed by atoms with Crippen LogP contribution in [0.1, 0.15) is 11.6 Å². The number of halogens is 1. The van der Waals surface area contributed by atoms with Gasteiger partial charge >= 0.3 is 0 Å². The van der Waals surface area contributed by atoms with Crippen molar-refractivity contribution in [1.82, 2.24) is 19.5 Å². The number of rotatable bonds is 1. The van der Waals surface area contributed by atoms with Crippen LogP contribution in [-0.2, 0) is 0 Å². The van der Waals surface area contributed by atoms with Crippen molar-refractivity contribution in [2.75, 3.05) is 5.75 Å². The lowest BCUT2D eigenvalue weighted by Gasteiger charge is -2.15. The summed E-state index contributed by atoms with van der Waals surface area (Å²) in [7, 11) is 0. The highest BCUT2D eigenvalue weighted by molar-refractivity contribution is 7.99. The molecule has 0 bridgehead atoms. The molecular weight excluding hydrogens is 280 g/mol. The summed E-state index contributed by atoms with van der Waals surface area (Å²) in [6.45, 7) is 0. The van der Waals surface area contributed by atoms with E-state index in [1.165, 1.54) is 5.56 Å². The zero-order valence-corrected chi connectivity index (χ0v) is 11.4. The fraction of sp³-hybridized carbons (Fsp3) is 0.154. The first-order valence-corrected chi connectivity index (χ1v) is 7.25. The summed E-state index contributed by atoms with van der Waals surface area (Å²) in [5.41, 5.74) is 2.13. The number of fused-ring (bicyclic) bond motifs is 3. The lowest BCUT2D eigenvalue weighted by atomic mass is 10.1. The third-order valence-corrected chi connectivity index (χ3v) is 4.70. The standard InChI is InChI=1S/C13H9ClN4S/c14-9-3-1-8(2-4-9)10-5-19-13-11-12(16-6-15-11)17-7-18(10)13/h1-4,6-7,10H,5H2/t10-/m0/s1. The van der Waals surface area contributed by atoms with Crippen LogP contribution in [0.2, 0.25) is 5.02 Å². The fourth-order valence-corrected chi connectivity index (χ4v) is 3.74. The van der Waals surface area contributed by atoms with Gasteiger partial charge in [-0.2, -0.15) is 0 Å². The molecule has 0 unspecified atom stereocenters. The SMILES string of the molecule is Clc1ccc([C@@H]2CSc3c4ncnc-4ncn32)cc1. The third-order valence-electron chi connectivity index (χ3n) is 3.29. The summed E-state index contributed by atoms with van der Waals surface area (Å²) in [5, 5.41) is 1.90. The zero-order valence-electron chi connectivity index (χ0n) is 9.82. The van der Waals surface area contributed by atoms with Gasteiger partial charge in [-0.1, -0.05) is 23.7 Å². The lowest BCUT2D eigenvalue weighted by Crippen LogP contribution is -2.10. The highest BCUT2D eigenvalue weighted by Gasteiger charge is 2.28. The molecule has 0 amide bonds. The van der Waals surface area contributed by atoms with E-state index in [0.717, 1.165) is 27.3 Å². The second-order valence-electron chi connectivity index (χ2n) is 4.38. The van der Waals surface area contributed by atoms with Crippen LogP contribution in [0, 0.1) is 0 Å². The van der Waals surface area contributed by atoms with Crippen LogP contribution in [0.4, 0.5) is 0 Å². The van der Waals surface area contributed by atoms with E-state index in [-0.39, 0.29) is 6.04 Å². The van der Waals surface area contributed by atoms with E-state index in [9.17, 15) is 0 Å². The number of thioether (sulfide) groups is 1. The molecule has 0 radical (unpaired) electrons. The van der Waals surface area contributed by atoms with Crippen molar-refractivity contribution in [3.05, 3.63) is 47.5 Å². The normalized spacial score (nSPS) is 17.8. The molecule has 1 aromatic carbocycles. The van der Waals surface area contributed by atoms with Crippen LogP contribution in [-0.4, -0.2) is 25.3 Å². The Balaban J connectivity index is 1.84. The molecule has 3 aliphatic rings. The number of benzene rings is 1. The molecule has 94 valence electrons. The van der Waals surface area contributed by atoms with Crippen molar-refractivity contribution in [2.24, 2.45) is 0 Å². The van der Waals surface area contributed by atoms with Crippen molar-refractivity contribution in [3.63, 3.8) is 0 Å². The molecule has 0 saturated heterocycles. The predicted octanol–water partition coefficient (Wildman–Crippen LogP) is 3.13. The van der Waals surface area contributed by atoms with Gasteiger partial charge in [0.2, 0.25) is 0 Å². The van der Waals surface area contributed by atoms with Gasteiger partial charge in [0.25, 0.3) is 0 Å². The average Bonchev–Trinajstić information content (AvgIpc) is 3.04. The van der Waals surface area contributed by atoms with E-state index >= 15 is 0 Å². The molecule has 6 heteroatoms. The van der Waals surface area contributed by atoms with Gasteiger partial charge in [-0.05, 0) is 17.7 Å². The van der Waals surface area contributed by atoms with Crippen LogP contribution in [0.5, 0.6) is 0 Å². The van der Waals surface area contributed by atoms with Crippen LogP contribution in [0.15, 0.2) is 41.9 Å². The molecule has 0 spiro atoms. The first kappa shape index (κ1) is 11.3. The second kappa shape index (κ2) is 4.21. The highest BCUT2D eigenvalue weighted by Crippen LogP contribution is 2.41. The Hall–Kier alpha value is -1.59. The maximum absolute atomic E-state index is 5.94. The summed E-state index contributed by atoms with van der Waals surface area (Å²) in [4.78, 5) is 12.8. The molecule has 4 nitrogen and oxygen atoms in total. The molecule has 0 saturated carbocycles.